The minimum Gasteiger partial charge on any atom is -0.468 e. The Morgan fingerprint density at radius 1 is 1.37 bits per heavy atom. The van der Waals surface area contributed by atoms with Gasteiger partial charge in [0.1, 0.15) is 5.82 Å². The van der Waals surface area contributed by atoms with E-state index in [-0.39, 0.29) is 15.6 Å². The third kappa shape index (κ3) is 2.90. The molecular formula is C12H9BrFNO4. The zero-order chi connectivity index (χ0) is 14.6. The second-order valence-electron chi connectivity index (χ2n) is 3.40. The van der Waals surface area contributed by atoms with E-state index in [0.717, 1.165) is 14.2 Å². The molecule has 0 heterocycles. The summed E-state index contributed by atoms with van der Waals surface area (Å²) in [5, 5.41) is 8.99. The number of hydrogen-bond donors (Lipinski definition) is 0. The van der Waals surface area contributed by atoms with E-state index in [0.29, 0.717) is 0 Å². The Labute approximate surface area is 117 Å². The highest BCUT2D eigenvalue weighted by molar-refractivity contribution is 9.10. The van der Waals surface area contributed by atoms with Crippen molar-refractivity contribution < 1.29 is 23.5 Å². The molecule has 7 heteroatoms. The molecule has 1 unspecified atom stereocenters. The molecule has 1 aromatic carbocycles. The van der Waals surface area contributed by atoms with Gasteiger partial charge in [-0.25, -0.2) is 9.18 Å². The van der Waals surface area contributed by atoms with Gasteiger partial charge in [-0.05, 0) is 28.1 Å². The predicted molar refractivity (Wildman–Crippen MR) is 65.8 cm³/mol. The Balaban J connectivity index is 3.54. The van der Waals surface area contributed by atoms with E-state index >= 15 is 0 Å². The molecule has 0 saturated heterocycles. The van der Waals surface area contributed by atoms with Crippen molar-refractivity contribution in [3.8, 4) is 6.07 Å². The van der Waals surface area contributed by atoms with E-state index < -0.39 is 23.7 Å². The molecule has 0 aliphatic carbocycles. The molecule has 5 nitrogen and oxygen atoms in total. The fourth-order valence-electron chi connectivity index (χ4n) is 1.49. The number of carbonyl (C=O) groups is 2. The SMILES string of the molecule is COC(=O)c1ccc(Br)c(F)c1C(C#N)C(=O)OC. The number of benzene rings is 1. The quantitative estimate of drug-likeness (QED) is 0.794. The minimum absolute atomic E-state index is 0.0271. The largest absolute Gasteiger partial charge is 0.468 e. The van der Waals surface area contributed by atoms with E-state index in [1.165, 1.54) is 12.1 Å². The highest BCUT2D eigenvalue weighted by Gasteiger charge is 2.31. The number of rotatable bonds is 3. The van der Waals surface area contributed by atoms with Gasteiger partial charge in [0.25, 0.3) is 0 Å². The van der Waals surface area contributed by atoms with Gasteiger partial charge in [0.05, 0.1) is 30.3 Å². The molecule has 0 aliphatic rings. The second kappa shape index (κ2) is 6.29. The summed E-state index contributed by atoms with van der Waals surface area (Å²) in [7, 11) is 2.19. The van der Waals surface area contributed by atoms with Crippen LogP contribution in [0.5, 0.6) is 0 Å². The van der Waals surface area contributed by atoms with Crippen LogP contribution in [0, 0.1) is 17.1 Å². The molecule has 0 fully saturated rings. The summed E-state index contributed by atoms with van der Waals surface area (Å²) in [6.45, 7) is 0. The van der Waals surface area contributed by atoms with Crippen LogP contribution in [0.3, 0.4) is 0 Å². The monoisotopic (exact) mass is 329 g/mol. The molecule has 0 N–H and O–H groups in total. The van der Waals surface area contributed by atoms with Gasteiger partial charge in [-0.15, -0.1) is 0 Å². The first-order valence-corrected chi connectivity index (χ1v) is 5.80. The van der Waals surface area contributed by atoms with Crippen LogP contribution in [-0.4, -0.2) is 26.2 Å². The normalized spacial score (nSPS) is 11.3. The fraction of sp³-hybridized carbons (Fsp3) is 0.250. The molecule has 0 saturated carbocycles. The van der Waals surface area contributed by atoms with Gasteiger partial charge in [0, 0.05) is 5.56 Å². The summed E-state index contributed by atoms with van der Waals surface area (Å²) < 4.78 is 23.0. The highest BCUT2D eigenvalue weighted by atomic mass is 79.9. The second-order valence-corrected chi connectivity index (χ2v) is 4.25. The maximum Gasteiger partial charge on any atom is 0.338 e. The van der Waals surface area contributed by atoms with E-state index in [9.17, 15) is 14.0 Å². The molecule has 0 radical (unpaired) electrons. The maximum absolute atomic E-state index is 14.1. The first-order chi connectivity index (χ1) is 8.97. The first-order valence-electron chi connectivity index (χ1n) is 5.01. The standard InChI is InChI=1S/C12H9BrFNO4/c1-18-11(16)6-3-4-8(13)10(14)9(6)7(5-15)12(17)19-2/h3-4,7H,1-2H3. The third-order valence-electron chi connectivity index (χ3n) is 2.39. The van der Waals surface area contributed by atoms with E-state index in [4.69, 9.17) is 5.26 Å². The van der Waals surface area contributed by atoms with Crippen molar-refractivity contribution in [1.82, 2.24) is 0 Å². The summed E-state index contributed by atoms with van der Waals surface area (Å²) in [5.41, 5.74) is -0.560. The molecule has 0 aromatic heterocycles. The van der Waals surface area contributed by atoms with Crippen LogP contribution >= 0.6 is 15.9 Å². The number of esters is 2. The molecule has 0 spiro atoms. The lowest BCUT2D eigenvalue weighted by Gasteiger charge is -2.13. The molecule has 1 atom stereocenters. The lowest BCUT2D eigenvalue weighted by Crippen LogP contribution is -2.18. The van der Waals surface area contributed by atoms with Crippen LogP contribution in [0.15, 0.2) is 16.6 Å². The Morgan fingerprint density at radius 2 is 2.00 bits per heavy atom. The van der Waals surface area contributed by atoms with Crippen molar-refractivity contribution in [1.29, 1.82) is 5.26 Å². The molecule has 0 amide bonds. The number of hydrogen-bond acceptors (Lipinski definition) is 5. The Morgan fingerprint density at radius 3 is 2.47 bits per heavy atom. The van der Waals surface area contributed by atoms with Crippen molar-refractivity contribution in [2.75, 3.05) is 14.2 Å². The molecule has 100 valence electrons. The fourth-order valence-corrected chi connectivity index (χ4v) is 1.84. The lowest BCUT2D eigenvalue weighted by molar-refractivity contribution is -0.141. The molecule has 0 aliphatic heterocycles. The summed E-state index contributed by atoms with van der Waals surface area (Å²) in [5.74, 6) is -4.22. The van der Waals surface area contributed by atoms with Crippen molar-refractivity contribution in [2.45, 2.75) is 5.92 Å². The number of nitriles is 1. The Hall–Kier alpha value is -1.94. The topological polar surface area (TPSA) is 76.4 Å². The van der Waals surface area contributed by atoms with Crippen LogP contribution in [0.1, 0.15) is 21.8 Å². The first kappa shape index (κ1) is 15.1. The van der Waals surface area contributed by atoms with Gasteiger partial charge in [-0.2, -0.15) is 5.26 Å². The lowest BCUT2D eigenvalue weighted by atomic mass is 9.94. The minimum atomic E-state index is -1.54. The Kier molecular flexibility index (Phi) is 5.01. The molecule has 19 heavy (non-hydrogen) atoms. The van der Waals surface area contributed by atoms with Crippen molar-refractivity contribution in [3.63, 3.8) is 0 Å². The maximum atomic E-state index is 14.1. The number of nitrogens with zero attached hydrogens (tertiary/aromatic N) is 1. The van der Waals surface area contributed by atoms with Gasteiger partial charge in [-0.1, -0.05) is 0 Å². The summed E-state index contributed by atoms with van der Waals surface area (Å²) in [4.78, 5) is 23.1. The average molecular weight is 330 g/mol. The molecule has 1 aromatic rings. The Bertz CT molecular complexity index is 568. The van der Waals surface area contributed by atoms with Gasteiger partial charge in [-0.3, -0.25) is 4.79 Å². The van der Waals surface area contributed by atoms with E-state index in [1.807, 2.05) is 0 Å². The average Bonchev–Trinajstić information content (AvgIpc) is 2.43. The van der Waals surface area contributed by atoms with Crippen molar-refractivity contribution >= 4 is 27.9 Å². The number of halogens is 2. The van der Waals surface area contributed by atoms with Crippen molar-refractivity contribution in [2.24, 2.45) is 0 Å². The highest BCUT2D eigenvalue weighted by Crippen LogP contribution is 2.29. The van der Waals surface area contributed by atoms with Crippen LogP contribution in [-0.2, 0) is 14.3 Å². The smallest absolute Gasteiger partial charge is 0.338 e. The third-order valence-corrected chi connectivity index (χ3v) is 3.01. The molecule has 0 bridgehead atoms. The molecular weight excluding hydrogens is 321 g/mol. The van der Waals surface area contributed by atoms with Crippen molar-refractivity contribution in [3.05, 3.63) is 33.5 Å². The summed E-state index contributed by atoms with van der Waals surface area (Å²) in [6, 6.07) is 4.17. The molecule has 1 rings (SSSR count). The van der Waals surface area contributed by atoms with Gasteiger partial charge in [0.15, 0.2) is 5.92 Å². The van der Waals surface area contributed by atoms with E-state index in [1.54, 1.807) is 6.07 Å². The van der Waals surface area contributed by atoms with Gasteiger partial charge in [0.2, 0.25) is 0 Å². The van der Waals surface area contributed by atoms with Crippen LogP contribution < -0.4 is 0 Å². The van der Waals surface area contributed by atoms with Crippen LogP contribution in [0.25, 0.3) is 0 Å². The van der Waals surface area contributed by atoms with E-state index in [2.05, 4.69) is 25.4 Å². The summed E-state index contributed by atoms with van der Waals surface area (Å²) in [6.07, 6.45) is 0. The van der Waals surface area contributed by atoms with Crippen LogP contribution in [0.4, 0.5) is 4.39 Å². The zero-order valence-corrected chi connectivity index (χ0v) is 11.7. The van der Waals surface area contributed by atoms with Gasteiger partial charge < -0.3 is 9.47 Å². The predicted octanol–water partition coefficient (Wildman–Crippen LogP) is 2.15. The number of ether oxygens (including phenoxy) is 2. The van der Waals surface area contributed by atoms with Gasteiger partial charge >= 0.3 is 11.9 Å². The zero-order valence-electron chi connectivity index (χ0n) is 10.1. The van der Waals surface area contributed by atoms with Crippen LogP contribution in [0.2, 0.25) is 0 Å². The number of carbonyl (C=O) groups excluding carboxylic acids is 2. The summed E-state index contributed by atoms with van der Waals surface area (Å²) >= 11 is 2.93. The number of methoxy groups -OCH3 is 2.